The summed E-state index contributed by atoms with van der Waals surface area (Å²) in [6, 6.07) is 1.30. The number of nitrogens with one attached hydrogen (secondary N) is 1. The molecule has 0 unspecified atom stereocenters. The van der Waals surface area contributed by atoms with Crippen molar-refractivity contribution in [1.82, 2.24) is 15.1 Å². The Bertz CT molecular complexity index is 410. The van der Waals surface area contributed by atoms with Crippen LogP contribution >= 0.6 is 0 Å². The number of nitrogens with two attached hydrogens (primary N) is 1. The van der Waals surface area contributed by atoms with Crippen LogP contribution in [0, 0.1) is 0 Å². The average molecular weight is 218 g/mol. The van der Waals surface area contributed by atoms with Gasteiger partial charge in [-0.2, -0.15) is 5.10 Å². The van der Waals surface area contributed by atoms with Crippen molar-refractivity contribution in [2.24, 2.45) is 5.14 Å². The van der Waals surface area contributed by atoms with Gasteiger partial charge in [0.2, 0.25) is 6.41 Å². The molecule has 0 aromatic carbocycles. The predicted octanol–water partition coefficient (Wildman–Crippen LogP) is -1.72. The number of hydrogen-bond acceptors (Lipinski definition) is 4. The summed E-state index contributed by atoms with van der Waals surface area (Å²) in [5, 5.41) is 10.8. The van der Waals surface area contributed by atoms with Gasteiger partial charge in [0, 0.05) is 12.7 Å². The van der Waals surface area contributed by atoms with Gasteiger partial charge in [-0.25, -0.2) is 13.6 Å². The first-order chi connectivity index (χ1) is 6.54. The summed E-state index contributed by atoms with van der Waals surface area (Å²) in [4.78, 5) is 9.90. The normalized spacial score (nSPS) is 11.2. The molecule has 8 heteroatoms. The van der Waals surface area contributed by atoms with Crippen molar-refractivity contribution < 1.29 is 13.2 Å². The number of carbonyl (C=O) groups is 1. The molecule has 78 valence electrons. The topological polar surface area (TPSA) is 107 Å². The molecule has 1 heterocycles. The lowest BCUT2D eigenvalue weighted by Gasteiger charge is -1.98. The first-order valence-electron chi connectivity index (χ1n) is 3.77. The molecule has 0 atom stereocenters. The van der Waals surface area contributed by atoms with Crippen LogP contribution in [0.2, 0.25) is 0 Å². The molecule has 7 nitrogen and oxygen atoms in total. The first-order valence-corrected chi connectivity index (χ1v) is 5.32. The van der Waals surface area contributed by atoms with Crippen LogP contribution in [0.5, 0.6) is 0 Å². The SMILES string of the molecule is NS(=O)(=O)c1ccn(CCNC=O)n1. The molecule has 0 aliphatic heterocycles. The molecule has 0 bridgehead atoms. The molecule has 1 rings (SSSR count). The first kappa shape index (κ1) is 10.7. The summed E-state index contributed by atoms with van der Waals surface area (Å²) < 4.78 is 23.0. The highest BCUT2D eigenvalue weighted by Gasteiger charge is 2.10. The Balaban J connectivity index is 2.64. The highest BCUT2D eigenvalue weighted by atomic mass is 32.2. The number of nitrogens with zero attached hydrogens (tertiary/aromatic N) is 2. The van der Waals surface area contributed by atoms with Crippen LogP contribution in [-0.2, 0) is 21.4 Å². The van der Waals surface area contributed by atoms with E-state index in [0.29, 0.717) is 19.5 Å². The summed E-state index contributed by atoms with van der Waals surface area (Å²) in [6.07, 6.45) is 2.04. The minimum absolute atomic E-state index is 0.177. The molecule has 0 saturated heterocycles. The van der Waals surface area contributed by atoms with Crippen molar-refractivity contribution >= 4 is 16.4 Å². The number of carbonyl (C=O) groups excluding carboxylic acids is 1. The zero-order valence-electron chi connectivity index (χ0n) is 7.25. The zero-order valence-corrected chi connectivity index (χ0v) is 8.07. The van der Waals surface area contributed by atoms with Gasteiger partial charge in [-0.3, -0.25) is 9.48 Å². The molecular formula is C6H10N4O3S. The van der Waals surface area contributed by atoms with Gasteiger partial charge >= 0.3 is 0 Å². The summed E-state index contributed by atoms with van der Waals surface area (Å²) >= 11 is 0. The lowest BCUT2D eigenvalue weighted by molar-refractivity contribution is -0.109. The van der Waals surface area contributed by atoms with Gasteiger partial charge in [0.25, 0.3) is 10.0 Å². The van der Waals surface area contributed by atoms with Crippen molar-refractivity contribution in [3.63, 3.8) is 0 Å². The van der Waals surface area contributed by atoms with Crippen LogP contribution in [0.25, 0.3) is 0 Å². The molecule has 14 heavy (non-hydrogen) atoms. The second kappa shape index (κ2) is 4.20. The van der Waals surface area contributed by atoms with E-state index in [9.17, 15) is 13.2 Å². The predicted molar refractivity (Wildman–Crippen MR) is 47.7 cm³/mol. The highest BCUT2D eigenvalue weighted by Crippen LogP contribution is 2.00. The number of sulfonamides is 1. The van der Waals surface area contributed by atoms with E-state index in [2.05, 4.69) is 10.4 Å². The van der Waals surface area contributed by atoms with E-state index in [-0.39, 0.29) is 5.03 Å². The van der Waals surface area contributed by atoms with Crippen molar-refractivity contribution in [3.8, 4) is 0 Å². The molecule has 1 amide bonds. The maximum absolute atomic E-state index is 10.8. The second-order valence-corrected chi connectivity index (χ2v) is 4.04. The van der Waals surface area contributed by atoms with Gasteiger partial charge in [0.15, 0.2) is 5.03 Å². The third-order valence-electron chi connectivity index (χ3n) is 1.48. The summed E-state index contributed by atoms with van der Waals surface area (Å²) in [5.41, 5.74) is 0. The maximum Gasteiger partial charge on any atom is 0.257 e. The lowest BCUT2D eigenvalue weighted by atomic mass is 10.6. The second-order valence-electron chi connectivity index (χ2n) is 2.53. The quantitative estimate of drug-likeness (QED) is 0.452. The van der Waals surface area contributed by atoms with Crippen LogP contribution in [0.15, 0.2) is 17.3 Å². The molecule has 0 fully saturated rings. The van der Waals surface area contributed by atoms with Crippen molar-refractivity contribution in [3.05, 3.63) is 12.3 Å². The van der Waals surface area contributed by atoms with E-state index in [4.69, 9.17) is 5.14 Å². The lowest BCUT2D eigenvalue weighted by Crippen LogP contribution is -2.19. The molecule has 0 saturated carbocycles. The Labute approximate surface area is 80.9 Å². The fraction of sp³-hybridized carbons (Fsp3) is 0.333. The van der Waals surface area contributed by atoms with E-state index < -0.39 is 10.0 Å². The summed E-state index contributed by atoms with van der Waals surface area (Å²) in [6.45, 7) is 0.781. The van der Waals surface area contributed by atoms with Crippen LogP contribution in [0.3, 0.4) is 0 Å². The third-order valence-corrected chi connectivity index (χ3v) is 2.28. The summed E-state index contributed by atoms with van der Waals surface area (Å²) in [5.74, 6) is 0. The Kier molecular flexibility index (Phi) is 3.20. The van der Waals surface area contributed by atoms with Gasteiger partial charge < -0.3 is 5.32 Å². The molecular weight excluding hydrogens is 208 g/mol. The Morgan fingerprint density at radius 3 is 2.86 bits per heavy atom. The molecule has 0 radical (unpaired) electrons. The molecule has 3 N–H and O–H groups in total. The van der Waals surface area contributed by atoms with E-state index >= 15 is 0 Å². The van der Waals surface area contributed by atoms with E-state index in [1.54, 1.807) is 0 Å². The molecule has 1 aromatic rings. The van der Waals surface area contributed by atoms with E-state index in [0.717, 1.165) is 0 Å². The molecule has 1 aromatic heterocycles. The molecule has 0 spiro atoms. The van der Waals surface area contributed by atoms with Crippen LogP contribution in [0.4, 0.5) is 0 Å². The van der Waals surface area contributed by atoms with E-state index in [1.807, 2.05) is 0 Å². The number of aromatic nitrogens is 2. The third kappa shape index (κ3) is 2.82. The number of amides is 1. The fourth-order valence-electron chi connectivity index (χ4n) is 0.857. The summed E-state index contributed by atoms with van der Waals surface area (Å²) in [7, 11) is -3.73. The standard InChI is InChI=1S/C6H10N4O3S/c7-14(12,13)6-1-3-10(9-6)4-2-8-5-11/h1,3,5H,2,4H2,(H,8,11)(H2,7,12,13). The smallest absolute Gasteiger partial charge is 0.257 e. The largest absolute Gasteiger partial charge is 0.357 e. The Hall–Kier alpha value is -1.41. The molecule has 0 aliphatic rings. The number of rotatable bonds is 5. The van der Waals surface area contributed by atoms with Gasteiger partial charge in [-0.1, -0.05) is 0 Å². The minimum atomic E-state index is -3.73. The maximum atomic E-state index is 10.8. The molecule has 0 aliphatic carbocycles. The Morgan fingerprint density at radius 2 is 2.36 bits per heavy atom. The van der Waals surface area contributed by atoms with Gasteiger partial charge in [0.1, 0.15) is 0 Å². The number of hydrogen-bond donors (Lipinski definition) is 2. The van der Waals surface area contributed by atoms with Crippen molar-refractivity contribution in [2.75, 3.05) is 6.54 Å². The average Bonchev–Trinajstić information content (AvgIpc) is 2.52. The van der Waals surface area contributed by atoms with Gasteiger partial charge in [-0.15, -0.1) is 0 Å². The van der Waals surface area contributed by atoms with Crippen LogP contribution in [-0.4, -0.2) is 31.2 Å². The highest BCUT2D eigenvalue weighted by molar-refractivity contribution is 7.89. The van der Waals surface area contributed by atoms with Crippen LogP contribution in [0.1, 0.15) is 0 Å². The minimum Gasteiger partial charge on any atom is -0.357 e. The fourth-order valence-corrected chi connectivity index (χ4v) is 1.33. The van der Waals surface area contributed by atoms with Gasteiger partial charge in [0.05, 0.1) is 6.54 Å². The van der Waals surface area contributed by atoms with Crippen LogP contribution < -0.4 is 10.5 Å². The van der Waals surface area contributed by atoms with E-state index in [1.165, 1.54) is 16.9 Å². The van der Waals surface area contributed by atoms with Crippen molar-refractivity contribution in [1.29, 1.82) is 0 Å². The Morgan fingerprint density at radius 1 is 1.64 bits per heavy atom. The van der Waals surface area contributed by atoms with Crippen molar-refractivity contribution in [2.45, 2.75) is 11.6 Å². The monoisotopic (exact) mass is 218 g/mol. The number of primary sulfonamides is 1. The van der Waals surface area contributed by atoms with Gasteiger partial charge in [-0.05, 0) is 6.07 Å². The zero-order chi connectivity index (χ0) is 10.6.